The number of non-ortho nitro benzene ring substituents is 1. The molecule has 12 nitrogen and oxygen atoms in total. The summed E-state index contributed by atoms with van der Waals surface area (Å²) in [5.41, 5.74) is -2.32. The number of benzene rings is 1. The van der Waals surface area contributed by atoms with Gasteiger partial charge >= 0.3 is 5.97 Å². The Bertz CT molecular complexity index is 993. The molecule has 3 amide bonds. The summed E-state index contributed by atoms with van der Waals surface area (Å²) in [7, 11) is 0. The molecule has 2 aliphatic rings. The first-order valence-corrected chi connectivity index (χ1v) is 12.2. The van der Waals surface area contributed by atoms with Crippen molar-refractivity contribution in [3.8, 4) is 0 Å². The van der Waals surface area contributed by atoms with Crippen LogP contribution in [0.1, 0.15) is 55.8 Å². The van der Waals surface area contributed by atoms with Gasteiger partial charge in [0.2, 0.25) is 17.5 Å². The summed E-state index contributed by atoms with van der Waals surface area (Å²) < 4.78 is 0. The lowest BCUT2D eigenvalue weighted by Gasteiger charge is -2.35. The second-order valence-corrected chi connectivity index (χ2v) is 9.59. The number of nitrogens with one attached hydrogen (secondary N) is 3. The quantitative estimate of drug-likeness (QED) is 0.222. The summed E-state index contributed by atoms with van der Waals surface area (Å²) >= 11 is 0. The molecule has 12 heteroatoms. The first kappa shape index (κ1) is 27.1. The summed E-state index contributed by atoms with van der Waals surface area (Å²) in [6, 6.07) is 4.66. The zero-order chi connectivity index (χ0) is 26.3. The molecule has 0 bridgehead atoms. The van der Waals surface area contributed by atoms with Gasteiger partial charge in [-0.25, -0.2) is 4.79 Å². The molecule has 1 unspecified atom stereocenters. The SMILES string of the molecule is C[C@](NC(=O)c1ccc([N+](=O)[O-])cc1)(NC(=O)C1CCCN(C(=O)CCC2CCNCC2)C1)C(=O)O. The van der Waals surface area contributed by atoms with Crippen molar-refractivity contribution in [2.45, 2.75) is 51.1 Å². The van der Waals surface area contributed by atoms with Gasteiger partial charge in [0.1, 0.15) is 0 Å². The number of amides is 3. The predicted molar refractivity (Wildman–Crippen MR) is 129 cm³/mol. The lowest BCUT2D eigenvalue weighted by molar-refractivity contribution is -0.384. The second kappa shape index (κ2) is 11.9. The zero-order valence-electron chi connectivity index (χ0n) is 20.3. The number of carboxylic acid groups (broad SMARTS) is 1. The van der Waals surface area contributed by atoms with Gasteiger partial charge < -0.3 is 26.0 Å². The standard InChI is InChI=1S/C24H33N5O7/c1-24(23(33)34,26-21(31)17-5-7-19(8-6-17)29(35)36)27-22(32)18-3-2-14-28(15-18)20(30)9-4-16-10-12-25-13-11-16/h5-8,16,18,25H,2-4,9-15H2,1H3,(H,26,31)(H,27,32)(H,33,34)/t18?,24-/m0/s1. The number of aliphatic carboxylic acids is 1. The largest absolute Gasteiger partial charge is 0.478 e. The third-order valence-corrected chi connectivity index (χ3v) is 6.87. The van der Waals surface area contributed by atoms with E-state index in [1.54, 1.807) is 4.90 Å². The topological polar surface area (TPSA) is 171 Å². The van der Waals surface area contributed by atoms with Crippen molar-refractivity contribution in [2.75, 3.05) is 26.2 Å². The van der Waals surface area contributed by atoms with E-state index in [0.717, 1.165) is 51.4 Å². The summed E-state index contributed by atoms with van der Waals surface area (Å²) in [5, 5.41) is 28.5. The normalized spacial score (nSPS) is 20.1. The number of carbonyl (C=O) groups is 4. The Balaban J connectivity index is 1.58. The number of nitro benzene ring substituents is 1. The van der Waals surface area contributed by atoms with Crippen molar-refractivity contribution in [1.29, 1.82) is 0 Å². The molecule has 1 aromatic rings. The van der Waals surface area contributed by atoms with Gasteiger partial charge in [0.25, 0.3) is 11.6 Å². The third kappa shape index (κ3) is 7.00. The molecule has 0 spiro atoms. The maximum atomic E-state index is 13.0. The number of carbonyl (C=O) groups excluding carboxylic acids is 3. The minimum absolute atomic E-state index is 0.00139. The van der Waals surface area contributed by atoms with E-state index < -0.39 is 34.3 Å². The number of rotatable bonds is 9. The second-order valence-electron chi connectivity index (χ2n) is 9.59. The van der Waals surface area contributed by atoms with Crippen molar-refractivity contribution in [3.63, 3.8) is 0 Å². The molecule has 2 heterocycles. The minimum atomic E-state index is -2.11. The Kier molecular flexibility index (Phi) is 8.97. The average Bonchev–Trinajstić information content (AvgIpc) is 2.87. The molecular formula is C24H33N5O7. The van der Waals surface area contributed by atoms with E-state index in [0.29, 0.717) is 31.7 Å². The molecule has 2 fully saturated rings. The Hall–Kier alpha value is -3.54. The first-order chi connectivity index (χ1) is 17.1. The molecule has 1 aromatic carbocycles. The number of piperidine rings is 2. The predicted octanol–water partition coefficient (Wildman–Crippen LogP) is 1.26. The molecule has 2 saturated heterocycles. The van der Waals surface area contributed by atoms with Crippen LogP contribution < -0.4 is 16.0 Å². The lowest BCUT2D eigenvalue weighted by atomic mass is 9.92. The highest BCUT2D eigenvalue weighted by molar-refractivity contribution is 5.99. The number of nitro groups is 1. The molecule has 0 aromatic heterocycles. The maximum Gasteiger partial charge on any atom is 0.350 e. The average molecular weight is 504 g/mol. The van der Waals surface area contributed by atoms with Gasteiger partial charge in [0, 0.05) is 37.2 Å². The van der Waals surface area contributed by atoms with Crippen molar-refractivity contribution in [3.05, 3.63) is 39.9 Å². The smallest absolute Gasteiger partial charge is 0.350 e. The summed E-state index contributed by atoms with van der Waals surface area (Å²) in [6.07, 6.45) is 4.47. The Morgan fingerprint density at radius 3 is 2.42 bits per heavy atom. The fourth-order valence-electron chi connectivity index (χ4n) is 4.59. The number of nitrogens with zero attached hydrogens (tertiary/aromatic N) is 2. The molecule has 4 N–H and O–H groups in total. The third-order valence-electron chi connectivity index (χ3n) is 6.87. The summed E-state index contributed by atoms with van der Waals surface area (Å²) in [5.74, 6) is -2.94. The van der Waals surface area contributed by atoms with Crippen LogP contribution in [0.25, 0.3) is 0 Å². The van der Waals surface area contributed by atoms with Crippen molar-refractivity contribution < 1.29 is 29.2 Å². The van der Waals surface area contributed by atoms with Crippen LogP contribution in [0.4, 0.5) is 5.69 Å². The van der Waals surface area contributed by atoms with Gasteiger partial charge in [-0.05, 0) is 70.2 Å². The van der Waals surface area contributed by atoms with Crippen molar-refractivity contribution in [1.82, 2.24) is 20.9 Å². The highest BCUT2D eigenvalue weighted by Crippen LogP contribution is 2.22. The number of likely N-dealkylation sites (tertiary alicyclic amines) is 1. The van der Waals surface area contributed by atoms with E-state index in [-0.39, 0.29) is 23.7 Å². The number of hydrogen-bond donors (Lipinski definition) is 4. The van der Waals surface area contributed by atoms with Gasteiger partial charge in [-0.2, -0.15) is 0 Å². The molecule has 2 atom stereocenters. The first-order valence-electron chi connectivity index (χ1n) is 12.2. The van der Waals surface area contributed by atoms with Gasteiger partial charge in [-0.15, -0.1) is 0 Å². The molecule has 196 valence electrons. The summed E-state index contributed by atoms with van der Waals surface area (Å²) in [4.78, 5) is 62.2. The van der Waals surface area contributed by atoms with Crippen LogP contribution in [-0.4, -0.2) is 70.5 Å². The fourth-order valence-corrected chi connectivity index (χ4v) is 4.59. The number of carboxylic acids is 1. The van der Waals surface area contributed by atoms with Gasteiger partial charge in [-0.1, -0.05) is 0 Å². The molecule has 0 radical (unpaired) electrons. The van der Waals surface area contributed by atoms with Crippen LogP contribution in [0.5, 0.6) is 0 Å². The molecule has 0 saturated carbocycles. The monoisotopic (exact) mass is 503 g/mol. The van der Waals surface area contributed by atoms with Gasteiger partial charge in [-0.3, -0.25) is 24.5 Å². The lowest BCUT2D eigenvalue weighted by Crippen LogP contribution is -2.65. The van der Waals surface area contributed by atoms with E-state index in [9.17, 15) is 34.4 Å². The van der Waals surface area contributed by atoms with Crippen molar-refractivity contribution >= 4 is 29.4 Å². The van der Waals surface area contributed by atoms with E-state index in [1.165, 1.54) is 12.1 Å². The van der Waals surface area contributed by atoms with Crippen LogP contribution in [-0.2, 0) is 14.4 Å². The molecule has 36 heavy (non-hydrogen) atoms. The molecule has 3 rings (SSSR count). The van der Waals surface area contributed by atoms with E-state index in [4.69, 9.17) is 0 Å². The number of hydrogen-bond acceptors (Lipinski definition) is 7. The van der Waals surface area contributed by atoms with E-state index >= 15 is 0 Å². The zero-order valence-corrected chi connectivity index (χ0v) is 20.3. The van der Waals surface area contributed by atoms with Crippen LogP contribution >= 0.6 is 0 Å². The van der Waals surface area contributed by atoms with Crippen LogP contribution in [0.15, 0.2) is 24.3 Å². The van der Waals surface area contributed by atoms with E-state index in [1.807, 2.05) is 0 Å². The van der Waals surface area contributed by atoms with Crippen LogP contribution in [0.2, 0.25) is 0 Å². The van der Waals surface area contributed by atoms with Crippen molar-refractivity contribution in [2.24, 2.45) is 11.8 Å². The van der Waals surface area contributed by atoms with Crippen LogP contribution in [0, 0.1) is 22.0 Å². The van der Waals surface area contributed by atoms with Gasteiger partial charge in [0.05, 0.1) is 10.8 Å². The summed E-state index contributed by atoms with van der Waals surface area (Å²) in [6.45, 7) is 3.84. The highest BCUT2D eigenvalue weighted by Gasteiger charge is 2.39. The van der Waals surface area contributed by atoms with E-state index in [2.05, 4.69) is 16.0 Å². The molecule has 2 aliphatic heterocycles. The Labute approximate surface area is 208 Å². The molecule has 0 aliphatic carbocycles. The fraction of sp³-hybridized carbons (Fsp3) is 0.583. The van der Waals surface area contributed by atoms with Gasteiger partial charge in [0.15, 0.2) is 0 Å². The highest BCUT2D eigenvalue weighted by atomic mass is 16.6. The Morgan fingerprint density at radius 2 is 1.81 bits per heavy atom. The van der Waals surface area contributed by atoms with Crippen LogP contribution in [0.3, 0.4) is 0 Å². The molecular weight excluding hydrogens is 470 g/mol. The Morgan fingerprint density at radius 1 is 1.14 bits per heavy atom. The minimum Gasteiger partial charge on any atom is -0.478 e. The maximum absolute atomic E-state index is 13.0.